The highest BCUT2D eigenvalue weighted by molar-refractivity contribution is 8.01. The van der Waals surface area contributed by atoms with E-state index in [2.05, 4.69) is 24.4 Å². The second-order valence-electron chi connectivity index (χ2n) is 11.0. The summed E-state index contributed by atoms with van der Waals surface area (Å²) in [7, 11) is 0. The second-order valence-corrected chi connectivity index (χ2v) is 12.4. The molecule has 1 aliphatic heterocycles. The molecular formula is C33H39N3O6S. The highest BCUT2D eigenvalue weighted by Gasteiger charge is 2.57. The van der Waals surface area contributed by atoms with Crippen LogP contribution in [0.3, 0.4) is 0 Å². The minimum absolute atomic E-state index is 0.0342. The molecule has 3 aromatic carbocycles. The number of rotatable bonds is 8. The summed E-state index contributed by atoms with van der Waals surface area (Å²) in [6.45, 7) is 4.32. The standard InChI is InChI=1S/C25H28N2O6S.C8H11N/c1-15-17(9-5-10-19(15)28)22(30)26-18(13-16-7-3-2-4-8-16)20(29)23(31)27-14-34-25(11-6-12-25)21(27)24(32)33;1-7-4-2-3-5-8(7)6-9/h2-5,7-10,18,20-21,28-29H,6,11-14H2,1H3,(H,26,30)(H,32,33);2-5H,6,9H2,1H3. The lowest BCUT2D eigenvalue weighted by Gasteiger charge is -2.41. The molecule has 1 spiro atoms. The topological polar surface area (TPSA) is 153 Å². The Morgan fingerprint density at radius 1 is 1.02 bits per heavy atom. The highest BCUT2D eigenvalue weighted by atomic mass is 32.2. The van der Waals surface area contributed by atoms with E-state index >= 15 is 0 Å². The number of benzene rings is 3. The molecule has 10 heteroatoms. The number of hydrogen-bond donors (Lipinski definition) is 5. The fourth-order valence-corrected chi connectivity index (χ4v) is 7.17. The van der Waals surface area contributed by atoms with Crippen LogP contribution in [0, 0.1) is 13.8 Å². The van der Waals surface area contributed by atoms with Gasteiger partial charge in [-0.05, 0) is 61.9 Å². The van der Waals surface area contributed by atoms with Crippen LogP contribution in [0.2, 0.25) is 0 Å². The molecule has 43 heavy (non-hydrogen) atoms. The average molecular weight is 606 g/mol. The summed E-state index contributed by atoms with van der Waals surface area (Å²) in [4.78, 5) is 39.7. The summed E-state index contributed by atoms with van der Waals surface area (Å²) in [6, 6.07) is 19.8. The van der Waals surface area contributed by atoms with Gasteiger partial charge < -0.3 is 31.3 Å². The number of aliphatic hydroxyl groups is 1. The number of aryl methyl sites for hydroxylation is 1. The molecule has 0 radical (unpaired) electrons. The lowest BCUT2D eigenvalue weighted by atomic mass is 9.78. The number of carbonyl (C=O) groups is 3. The van der Waals surface area contributed by atoms with Crippen molar-refractivity contribution in [2.24, 2.45) is 5.73 Å². The average Bonchev–Trinajstić information content (AvgIpc) is 3.41. The first-order valence-corrected chi connectivity index (χ1v) is 15.3. The Hall–Kier alpha value is -3.86. The lowest BCUT2D eigenvalue weighted by molar-refractivity contribution is -0.155. The van der Waals surface area contributed by atoms with Crippen molar-refractivity contribution >= 4 is 29.5 Å². The normalized spacial score (nSPS) is 18.1. The Morgan fingerprint density at radius 3 is 2.28 bits per heavy atom. The predicted molar refractivity (Wildman–Crippen MR) is 167 cm³/mol. The minimum Gasteiger partial charge on any atom is -0.508 e. The molecule has 0 aromatic heterocycles. The molecule has 6 N–H and O–H groups in total. The van der Waals surface area contributed by atoms with E-state index in [4.69, 9.17) is 5.73 Å². The fraction of sp³-hybridized carbons (Fsp3) is 0.364. The summed E-state index contributed by atoms with van der Waals surface area (Å²) >= 11 is 1.45. The van der Waals surface area contributed by atoms with E-state index < -0.39 is 40.7 Å². The molecule has 1 saturated carbocycles. The van der Waals surface area contributed by atoms with Crippen molar-refractivity contribution in [3.05, 3.63) is 101 Å². The van der Waals surface area contributed by atoms with E-state index in [1.807, 2.05) is 42.5 Å². The quantitative estimate of drug-likeness (QED) is 0.260. The fourth-order valence-electron chi connectivity index (χ4n) is 5.53. The summed E-state index contributed by atoms with van der Waals surface area (Å²) in [5.74, 6) is -2.18. The number of hydrogen-bond acceptors (Lipinski definition) is 7. The summed E-state index contributed by atoms with van der Waals surface area (Å²) < 4.78 is -0.502. The van der Waals surface area contributed by atoms with Crippen molar-refractivity contribution in [2.75, 3.05) is 5.88 Å². The van der Waals surface area contributed by atoms with Gasteiger partial charge in [0, 0.05) is 22.4 Å². The second kappa shape index (κ2) is 14.1. The summed E-state index contributed by atoms with van der Waals surface area (Å²) in [5.41, 5.74) is 9.37. The zero-order valence-corrected chi connectivity index (χ0v) is 25.2. The number of nitrogens with two attached hydrogens (primary N) is 1. The van der Waals surface area contributed by atoms with Crippen molar-refractivity contribution < 1.29 is 29.7 Å². The minimum atomic E-state index is -1.64. The molecule has 3 unspecified atom stereocenters. The van der Waals surface area contributed by atoms with Crippen molar-refractivity contribution in [2.45, 2.75) is 69.0 Å². The Balaban J connectivity index is 0.000000403. The van der Waals surface area contributed by atoms with E-state index in [1.165, 1.54) is 33.9 Å². The van der Waals surface area contributed by atoms with Gasteiger partial charge in [-0.1, -0.05) is 67.1 Å². The number of aliphatic hydroxyl groups excluding tert-OH is 1. The SMILES string of the molecule is Cc1c(O)cccc1C(=O)NC(Cc1ccccc1)C(O)C(=O)N1CSC2(CCC2)C1C(=O)O.Cc1ccccc1CN. The van der Waals surface area contributed by atoms with E-state index in [1.54, 1.807) is 19.1 Å². The first-order chi connectivity index (χ1) is 20.6. The molecular weight excluding hydrogens is 566 g/mol. The number of nitrogens with one attached hydrogen (secondary N) is 1. The highest BCUT2D eigenvalue weighted by Crippen LogP contribution is 2.53. The molecule has 3 aromatic rings. The van der Waals surface area contributed by atoms with Crippen LogP contribution in [0.4, 0.5) is 0 Å². The molecule has 5 rings (SSSR count). The number of phenolic OH excluding ortho intramolecular Hbond substituents is 1. The van der Waals surface area contributed by atoms with Gasteiger partial charge in [-0.25, -0.2) is 4.79 Å². The third-order valence-electron chi connectivity index (χ3n) is 8.30. The van der Waals surface area contributed by atoms with Gasteiger partial charge in [0.05, 0.1) is 11.9 Å². The number of aromatic hydroxyl groups is 1. The van der Waals surface area contributed by atoms with Gasteiger partial charge in [-0.15, -0.1) is 11.8 Å². The first kappa shape index (κ1) is 32.1. The van der Waals surface area contributed by atoms with Crippen molar-refractivity contribution in [3.63, 3.8) is 0 Å². The van der Waals surface area contributed by atoms with Gasteiger partial charge in [-0.3, -0.25) is 9.59 Å². The molecule has 228 valence electrons. The maximum atomic E-state index is 13.4. The number of aliphatic carboxylic acids is 1. The molecule has 1 saturated heterocycles. The van der Waals surface area contributed by atoms with E-state index in [0.29, 0.717) is 12.1 Å². The van der Waals surface area contributed by atoms with Crippen LogP contribution >= 0.6 is 11.8 Å². The Labute approximate surface area is 256 Å². The molecule has 9 nitrogen and oxygen atoms in total. The van der Waals surface area contributed by atoms with Gasteiger partial charge >= 0.3 is 5.97 Å². The van der Waals surface area contributed by atoms with Gasteiger partial charge in [0.15, 0.2) is 6.10 Å². The summed E-state index contributed by atoms with van der Waals surface area (Å²) in [6.07, 6.45) is 0.878. The van der Waals surface area contributed by atoms with Crippen LogP contribution in [0.1, 0.15) is 51.9 Å². The molecule has 2 amide bonds. The number of phenols is 1. The number of amides is 2. The Kier molecular flexibility index (Phi) is 10.5. The maximum absolute atomic E-state index is 13.4. The predicted octanol–water partition coefficient (Wildman–Crippen LogP) is 3.77. The molecule has 2 fully saturated rings. The third-order valence-corrected chi connectivity index (χ3v) is 9.91. The van der Waals surface area contributed by atoms with E-state index in [9.17, 15) is 29.7 Å². The first-order valence-electron chi connectivity index (χ1n) is 14.3. The van der Waals surface area contributed by atoms with Gasteiger partial charge in [0.25, 0.3) is 11.8 Å². The van der Waals surface area contributed by atoms with Crippen LogP contribution in [-0.2, 0) is 22.6 Å². The van der Waals surface area contributed by atoms with Gasteiger partial charge in [-0.2, -0.15) is 0 Å². The van der Waals surface area contributed by atoms with Crippen molar-refractivity contribution in [1.82, 2.24) is 10.2 Å². The van der Waals surface area contributed by atoms with Gasteiger partial charge in [0.1, 0.15) is 11.8 Å². The number of carboxylic acids is 1. The molecule has 1 heterocycles. The Morgan fingerprint density at radius 2 is 1.70 bits per heavy atom. The van der Waals surface area contributed by atoms with Crippen LogP contribution in [0.5, 0.6) is 5.75 Å². The zero-order valence-electron chi connectivity index (χ0n) is 24.4. The number of carboxylic acid groups (broad SMARTS) is 1. The molecule has 3 atom stereocenters. The molecule has 2 aliphatic rings. The third kappa shape index (κ3) is 7.21. The zero-order chi connectivity index (χ0) is 31.1. The van der Waals surface area contributed by atoms with Crippen LogP contribution in [-0.4, -0.2) is 66.8 Å². The number of carbonyl (C=O) groups excluding carboxylic acids is 2. The molecule has 0 bridgehead atoms. The van der Waals surface area contributed by atoms with Gasteiger partial charge in [0.2, 0.25) is 0 Å². The van der Waals surface area contributed by atoms with E-state index in [0.717, 1.165) is 24.8 Å². The van der Waals surface area contributed by atoms with Crippen molar-refractivity contribution in [3.8, 4) is 5.75 Å². The lowest BCUT2D eigenvalue weighted by Crippen LogP contribution is -2.59. The smallest absolute Gasteiger partial charge is 0.327 e. The molecule has 1 aliphatic carbocycles. The summed E-state index contributed by atoms with van der Waals surface area (Å²) in [5, 5.41) is 33.7. The van der Waals surface area contributed by atoms with Crippen LogP contribution in [0.25, 0.3) is 0 Å². The Bertz CT molecular complexity index is 1450. The number of thioether (sulfide) groups is 1. The maximum Gasteiger partial charge on any atom is 0.327 e. The van der Waals surface area contributed by atoms with Crippen molar-refractivity contribution in [1.29, 1.82) is 0 Å². The van der Waals surface area contributed by atoms with Crippen LogP contribution in [0.15, 0.2) is 72.8 Å². The van der Waals surface area contributed by atoms with Crippen LogP contribution < -0.4 is 11.1 Å². The van der Waals surface area contributed by atoms with E-state index in [-0.39, 0.29) is 23.6 Å². The number of nitrogens with zero attached hydrogens (tertiary/aromatic N) is 1. The monoisotopic (exact) mass is 605 g/mol. The largest absolute Gasteiger partial charge is 0.508 e.